The predicted octanol–water partition coefficient (Wildman–Crippen LogP) is 2.55. The molecule has 0 aliphatic heterocycles. The van der Waals surface area contributed by atoms with Crippen LogP contribution in [0.1, 0.15) is 11.5 Å². The van der Waals surface area contributed by atoms with Gasteiger partial charge in [-0.15, -0.1) is 0 Å². The summed E-state index contributed by atoms with van der Waals surface area (Å²) in [5.41, 5.74) is 1.95. The average molecular weight is 248 g/mol. The number of pyridine rings is 1. The Kier molecular flexibility index (Phi) is 2.95. The highest BCUT2D eigenvalue weighted by Crippen LogP contribution is 2.13. The van der Waals surface area contributed by atoms with Gasteiger partial charge in [0.15, 0.2) is 0 Å². The molecule has 0 fully saturated rings. The molecule has 0 aliphatic rings. The standard InChI is InChI=1S/C15H12N4/c16-7-9-19-10-8-17-15(19)11-13-6-5-12-3-1-2-4-14(12)18-13/h1-6,8,10H,9,11H2. The Morgan fingerprint density at radius 1 is 1.16 bits per heavy atom. The van der Waals surface area contributed by atoms with Gasteiger partial charge in [0.1, 0.15) is 12.4 Å². The van der Waals surface area contributed by atoms with Crippen molar-refractivity contribution < 1.29 is 0 Å². The van der Waals surface area contributed by atoms with Crippen molar-refractivity contribution >= 4 is 10.9 Å². The van der Waals surface area contributed by atoms with E-state index in [0.717, 1.165) is 22.4 Å². The summed E-state index contributed by atoms with van der Waals surface area (Å²) >= 11 is 0. The van der Waals surface area contributed by atoms with E-state index in [1.54, 1.807) is 6.20 Å². The normalized spacial score (nSPS) is 10.5. The van der Waals surface area contributed by atoms with E-state index in [9.17, 15) is 0 Å². The third-order valence-electron chi connectivity index (χ3n) is 3.04. The molecule has 3 aromatic rings. The van der Waals surface area contributed by atoms with Crippen LogP contribution in [-0.2, 0) is 13.0 Å². The van der Waals surface area contributed by atoms with Crippen LogP contribution >= 0.6 is 0 Å². The van der Waals surface area contributed by atoms with Crippen molar-refractivity contribution in [1.29, 1.82) is 5.26 Å². The largest absolute Gasteiger partial charge is 0.321 e. The van der Waals surface area contributed by atoms with Crippen LogP contribution in [0.4, 0.5) is 0 Å². The van der Waals surface area contributed by atoms with Crippen LogP contribution in [0.3, 0.4) is 0 Å². The van der Waals surface area contributed by atoms with Crippen LogP contribution in [0.25, 0.3) is 10.9 Å². The molecular formula is C15H12N4. The highest BCUT2D eigenvalue weighted by atomic mass is 15.1. The first-order valence-electron chi connectivity index (χ1n) is 6.08. The van der Waals surface area contributed by atoms with Gasteiger partial charge in [-0.2, -0.15) is 5.26 Å². The molecule has 0 N–H and O–H groups in total. The van der Waals surface area contributed by atoms with Crippen molar-refractivity contribution in [1.82, 2.24) is 14.5 Å². The highest BCUT2D eigenvalue weighted by molar-refractivity contribution is 5.78. The highest BCUT2D eigenvalue weighted by Gasteiger charge is 2.05. The van der Waals surface area contributed by atoms with E-state index in [4.69, 9.17) is 5.26 Å². The summed E-state index contributed by atoms with van der Waals surface area (Å²) in [5, 5.41) is 9.89. The summed E-state index contributed by atoms with van der Waals surface area (Å²) in [4.78, 5) is 8.90. The number of nitriles is 1. The van der Waals surface area contributed by atoms with Crippen molar-refractivity contribution in [3.8, 4) is 6.07 Å². The summed E-state index contributed by atoms with van der Waals surface area (Å²) in [7, 11) is 0. The summed E-state index contributed by atoms with van der Waals surface area (Å²) < 4.78 is 1.84. The molecule has 92 valence electrons. The second kappa shape index (κ2) is 4.91. The summed E-state index contributed by atoms with van der Waals surface area (Å²) in [6.07, 6.45) is 4.17. The van der Waals surface area contributed by atoms with Gasteiger partial charge in [-0.25, -0.2) is 4.98 Å². The molecule has 0 radical (unpaired) electrons. The number of nitrogens with zero attached hydrogens (tertiary/aromatic N) is 4. The lowest BCUT2D eigenvalue weighted by Crippen LogP contribution is -2.03. The number of imidazole rings is 1. The number of para-hydroxylation sites is 1. The van der Waals surface area contributed by atoms with E-state index in [-0.39, 0.29) is 0 Å². The van der Waals surface area contributed by atoms with Crippen LogP contribution in [0.15, 0.2) is 48.8 Å². The minimum Gasteiger partial charge on any atom is -0.321 e. The van der Waals surface area contributed by atoms with E-state index >= 15 is 0 Å². The average Bonchev–Trinajstić information content (AvgIpc) is 2.86. The van der Waals surface area contributed by atoms with Crippen molar-refractivity contribution in [2.75, 3.05) is 0 Å². The zero-order chi connectivity index (χ0) is 13.1. The first-order chi connectivity index (χ1) is 9.36. The van der Waals surface area contributed by atoms with Gasteiger partial charge in [0, 0.05) is 29.9 Å². The van der Waals surface area contributed by atoms with Gasteiger partial charge in [0.25, 0.3) is 0 Å². The number of fused-ring (bicyclic) bond motifs is 1. The molecular weight excluding hydrogens is 236 g/mol. The molecule has 2 heterocycles. The predicted molar refractivity (Wildman–Crippen MR) is 72.4 cm³/mol. The summed E-state index contributed by atoms with van der Waals surface area (Å²) in [6.45, 7) is 0.322. The Bertz CT molecular complexity index is 752. The lowest BCUT2D eigenvalue weighted by molar-refractivity contribution is 0.759. The van der Waals surface area contributed by atoms with E-state index in [0.29, 0.717) is 13.0 Å². The van der Waals surface area contributed by atoms with Crippen LogP contribution in [0.5, 0.6) is 0 Å². The zero-order valence-corrected chi connectivity index (χ0v) is 10.3. The quantitative estimate of drug-likeness (QED) is 0.715. The van der Waals surface area contributed by atoms with Gasteiger partial charge < -0.3 is 4.57 Å². The van der Waals surface area contributed by atoms with Crippen LogP contribution in [0.2, 0.25) is 0 Å². The molecule has 0 spiro atoms. The Labute approximate surface area is 111 Å². The molecule has 1 aromatic carbocycles. The minimum atomic E-state index is 0.322. The van der Waals surface area contributed by atoms with Crippen molar-refractivity contribution in [3.05, 3.63) is 60.3 Å². The van der Waals surface area contributed by atoms with Crippen LogP contribution in [-0.4, -0.2) is 14.5 Å². The SMILES string of the molecule is N#CCn1ccnc1Cc1ccc2ccccc2n1. The van der Waals surface area contributed by atoms with E-state index in [2.05, 4.69) is 22.1 Å². The number of hydrogen-bond donors (Lipinski definition) is 0. The number of hydrogen-bond acceptors (Lipinski definition) is 3. The fraction of sp³-hybridized carbons (Fsp3) is 0.133. The molecule has 0 aliphatic carbocycles. The molecule has 19 heavy (non-hydrogen) atoms. The molecule has 2 aromatic heterocycles. The van der Waals surface area contributed by atoms with Gasteiger partial charge >= 0.3 is 0 Å². The molecule has 3 rings (SSSR count). The Balaban J connectivity index is 1.92. The fourth-order valence-electron chi connectivity index (χ4n) is 2.10. The smallest absolute Gasteiger partial charge is 0.115 e. The van der Waals surface area contributed by atoms with Gasteiger partial charge in [0.2, 0.25) is 0 Å². The third-order valence-corrected chi connectivity index (χ3v) is 3.04. The Morgan fingerprint density at radius 2 is 2.05 bits per heavy atom. The Morgan fingerprint density at radius 3 is 2.95 bits per heavy atom. The maximum Gasteiger partial charge on any atom is 0.115 e. The lowest BCUT2D eigenvalue weighted by atomic mass is 10.2. The van der Waals surface area contributed by atoms with E-state index in [1.165, 1.54) is 0 Å². The first kappa shape index (κ1) is 11.4. The summed E-state index contributed by atoms with van der Waals surface area (Å²) in [5.74, 6) is 0.865. The molecule has 0 atom stereocenters. The third kappa shape index (κ3) is 2.31. The van der Waals surface area contributed by atoms with Gasteiger partial charge in [0.05, 0.1) is 11.6 Å². The lowest BCUT2D eigenvalue weighted by Gasteiger charge is -2.04. The monoisotopic (exact) mass is 248 g/mol. The van der Waals surface area contributed by atoms with E-state index in [1.807, 2.05) is 41.1 Å². The molecule has 0 bridgehead atoms. The van der Waals surface area contributed by atoms with Crippen LogP contribution < -0.4 is 0 Å². The maximum absolute atomic E-state index is 8.76. The van der Waals surface area contributed by atoms with Crippen molar-refractivity contribution in [3.63, 3.8) is 0 Å². The number of aromatic nitrogens is 3. The molecule has 0 saturated heterocycles. The topological polar surface area (TPSA) is 54.5 Å². The Hall–Kier alpha value is -2.67. The maximum atomic E-state index is 8.76. The van der Waals surface area contributed by atoms with Crippen molar-refractivity contribution in [2.24, 2.45) is 0 Å². The molecule has 4 heteroatoms. The first-order valence-corrected chi connectivity index (χ1v) is 6.08. The number of rotatable bonds is 3. The second-order valence-corrected chi connectivity index (χ2v) is 4.30. The molecule has 0 saturated carbocycles. The van der Waals surface area contributed by atoms with Crippen LogP contribution in [0, 0.1) is 11.3 Å². The molecule has 0 amide bonds. The number of benzene rings is 1. The second-order valence-electron chi connectivity index (χ2n) is 4.30. The fourth-order valence-corrected chi connectivity index (χ4v) is 2.10. The summed E-state index contributed by atoms with van der Waals surface area (Å²) in [6, 6.07) is 14.2. The van der Waals surface area contributed by atoms with Gasteiger partial charge in [-0.05, 0) is 12.1 Å². The molecule has 4 nitrogen and oxygen atoms in total. The van der Waals surface area contributed by atoms with Gasteiger partial charge in [-0.1, -0.05) is 24.3 Å². The van der Waals surface area contributed by atoms with Crippen molar-refractivity contribution in [2.45, 2.75) is 13.0 Å². The zero-order valence-electron chi connectivity index (χ0n) is 10.3. The minimum absolute atomic E-state index is 0.322. The van der Waals surface area contributed by atoms with E-state index < -0.39 is 0 Å². The van der Waals surface area contributed by atoms with Gasteiger partial charge in [-0.3, -0.25) is 4.98 Å². The molecule has 0 unspecified atom stereocenters.